The van der Waals surface area contributed by atoms with Crippen LogP contribution in [0.5, 0.6) is 0 Å². The topological polar surface area (TPSA) is 63.7 Å². The van der Waals surface area contributed by atoms with Crippen molar-refractivity contribution in [2.75, 3.05) is 7.11 Å². The average molecular weight is 369 g/mol. The summed E-state index contributed by atoms with van der Waals surface area (Å²) in [6.45, 7) is 1.25. The van der Waals surface area contributed by atoms with Gasteiger partial charge in [0.15, 0.2) is 0 Å². The van der Waals surface area contributed by atoms with E-state index in [0.717, 1.165) is 12.0 Å². The van der Waals surface area contributed by atoms with E-state index in [1.54, 1.807) is 30.3 Å². The number of Topliss-reactive ketones (excluding diaryl/α,β-unsaturated/α-hetero) is 1. The summed E-state index contributed by atoms with van der Waals surface area (Å²) in [5.41, 5.74) is 0.0479. The van der Waals surface area contributed by atoms with Crippen LogP contribution in [0.15, 0.2) is 41.6 Å². The maximum atomic E-state index is 12.8. The summed E-state index contributed by atoms with van der Waals surface area (Å²) in [4.78, 5) is 37.2. The first-order valence-electron chi connectivity index (χ1n) is 7.92. The number of carbonyl (C=O) groups is 3. The Morgan fingerprint density at radius 2 is 1.81 bits per heavy atom. The van der Waals surface area contributed by atoms with Gasteiger partial charge in [0.05, 0.1) is 7.11 Å². The van der Waals surface area contributed by atoms with Crippen LogP contribution in [0.1, 0.15) is 25.3 Å². The van der Waals surface area contributed by atoms with Crippen LogP contribution in [0.25, 0.3) is 0 Å². The largest absolute Gasteiger partial charge is 0.467 e. The van der Waals surface area contributed by atoms with Gasteiger partial charge < -0.3 is 9.64 Å². The lowest BCUT2D eigenvalue weighted by atomic mass is 9.94. The van der Waals surface area contributed by atoms with Gasteiger partial charge in [-0.3, -0.25) is 9.59 Å². The van der Waals surface area contributed by atoms with Crippen molar-refractivity contribution in [2.45, 2.75) is 38.4 Å². The Labute approximate surface area is 148 Å². The molecule has 0 spiro atoms. The number of alkyl halides is 3. The summed E-state index contributed by atoms with van der Waals surface area (Å²) in [6, 6.07) is 7.56. The number of nitrogens with zero attached hydrogens (tertiary/aromatic N) is 1. The first-order chi connectivity index (χ1) is 12.2. The molecule has 0 unspecified atom stereocenters. The number of ether oxygens (including phenoxy) is 1. The third-order valence-electron chi connectivity index (χ3n) is 4.24. The van der Waals surface area contributed by atoms with Crippen LogP contribution in [0.4, 0.5) is 13.2 Å². The molecule has 8 heteroatoms. The smallest absolute Gasteiger partial charge is 0.454 e. The Kier molecular flexibility index (Phi) is 5.84. The molecule has 0 radical (unpaired) electrons. The van der Waals surface area contributed by atoms with Crippen molar-refractivity contribution in [1.82, 2.24) is 4.90 Å². The molecule has 0 fully saturated rings. The number of amides is 1. The van der Waals surface area contributed by atoms with Gasteiger partial charge in [0.2, 0.25) is 5.91 Å². The molecular formula is C18H18F3NO4. The minimum absolute atomic E-state index is 0.0596. The van der Waals surface area contributed by atoms with Crippen molar-refractivity contribution in [3.05, 3.63) is 47.2 Å². The number of ketones is 1. The average Bonchev–Trinajstić information content (AvgIpc) is 2.60. The van der Waals surface area contributed by atoms with Crippen LogP contribution in [0.2, 0.25) is 0 Å². The molecule has 1 aliphatic heterocycles. The Morgan fingerprint density at radius 3 is 2.35 bits per heavy atom. The fraction of sp³-hybridized carbons (Fsp3) is 0.389. The lowest BCUT2D eigenvalue weighted by Crippen LogP contribution is -2.48. The molecular weight excluding hydrogens is 351 g/mol. The van der Waals surface area contributed by atoms with Gasteiger partial charge in [-0.05, 0) is 18.9 Å². The van der Waals surface area contributed by atoms with Crippen LogP contribution in [0, 0.1) is 0 Å². The second-order valence-electron chi connectivity index (χ2n) is 5.88. The number of carbonyl (C=O) groups excluding carboxylic acids is 3. The van der Waals surface area contributed by atoms with Crippen LogP contribution < -0.4 is 0 Å². The predicted octanol–water partition coefficient (Wildman–Crippen LogP) is 2.80. The molecule has 1 atom stereocenters. The molecule has 0 saturated carbocycles. The number of esters is 1. The van der Waals surface area contributed by atoms with E-state index in [4.69, 9.17) is 4.74 Å². The van der Waals surface area contributed by atoms with Crippen LogP contribution in [-0.2, 0) is 25.5 Å². The van der Waals surface area contributed by atoms with Gasteiger partial charge in [-0.1, -0.05) is 30.3 Å². The van der Waals surface area contributed by atoms with Crippen molar-refractivity contribution in [3.63, 3.8) is 0 Å². The van der Waals surface area contributed by atoms with Crippen LogP contribution in [-0.4, -0.2) is 41.9 Å². The van der Waals surface area contributed by atoms with Gasteiger partial charge in [0.1, 0.15) is 6.04 Å². The van der Waals surface area contributed by atoms with Crippen molar-refractivity contribution in [3.8, 4) is 0 Å². The second kappa shape index (κ2) is 7.72. The Morgan fingerprint density at radius 1 is 1.19 bits per heavy atom. The van der Waals surface area contributed by atoms with Crippen molar-refractivity contribution in [2.24, 2.45) is 0 Å². The molecule has 0 aliphatic carbocycles. The minimum atomic E-state index is -5.04. The minimum Gasteiger partial charge on any atom is -0.467 e. The fourth-order valence-corrected chi connectivity index (χ4v) is 2.98. The third kappa shape index (κ3) is 4.12. The highest BCUT2D eigenvalue weighted by molar-refractivity contribution is 6.02. The van der Waals surface area contributed by atoms with E-state index in [9.17, 15) is 27.6 Å². The van der Waals surface area contributed by atoms with E-state index in [1.165, 1.54) is 6.92 Å². The van der Waals surface area contributed by atoms with Gasteiger partial charge in [-0.2, -0.15) is 13.2 Å². The number of benzene rings is 1. The molecule has 0 saturated heterocycles. The van der Waals surface area contributed by atoms with Gasteiger partial charge in [0, 0.05) is 24.1 Å². The molecule has 0 bridgehead atoms. The number of rotatable bonds is 5. The summed E-state index contributed by atoms with van der Waals surface area (Å²) in [5.74, 6) is -3.27. The highest BCUT2D eigenvalue weighted by Crippen LogP contribution is 2.32. The quantitative estimate of drug-likeness (QED) is 0.749. The maximum Gasteiger partial charge on any atom is 0.454 e. The zero-order chi connectivity index (χ0) is 19.5. The predicted molar refractivity (Wildman–Crippen MR) is 85.8 cm³/mol. The summed E-state index contributed by atoms with van der Waals surface area (Å²) in [5, 5.41) is 0. The van der Waals surface area contributed by atoms with E-state index < -0.39 is 35.5 Å². The number of allylic oxidation sites excluding steroid dienone is 2. The molecule has 1 heterocycles. The molecule has 1 aliphatic rings. The molecule has 2 rings (SSSR count). The Bertz CT molecular complexity index is 741. The SMILES string of the molecule is COC(=O)[C@H](Cc1ccccc1)N1C(=O)CCC(C(=O)C(F)(F)F)=C1C. The van der Waals surface area contributed by atoms with E-state index >= 15 is 0 Å². The lowest BCUT2D eigenvalue weighted by molar-refractivity contribution is -0.167. The third-order valence-corrected chi connectivity index (χ3v) is 4.24. The van der Waals surface area contributed by atoms with E-state index in [-0.39, 0.29) is 25.0 Å². The monoisotopic (exact) mass is 369 g/mol. The standard InChI is InChI=1S/C18H18F3NO4/c1-11-13(16(24)18(19,20)21)8-9-15(23)22(11)14(17(25)26-2)10-12-6-4-3-5-7-12/h3-7,14H,8-10H2,1-2H3/t14-/m0/s1. The number of hydrogen-bond acceptors (Lipinski definition) is 4. The maximum absolute atomic E-state index is 12.8. The molecule has 0 N–H and O–H groups in total. The van der Waals surface area contributed by atoms with Gasteiger partial charge in [0.25, 0.3) is 5.78 Å². The van der Waals surface area contributed by atoms with Crippen molar-refractivity contribution < 1.29 is 32.3 Å². The molecule has 140 valence electrons. The number of hydrogen-bond donors (Lipinski definition) is 0. The molecule has 1 amide bonds. The van der Waals surface area contributed by atoms with Gasteiger partial charge in [-0.25, -0.2) is 4.79 Å². The molecule has 1 aromatic carbocycles. The zero-order valence-electron chi connectivity index (χ0n) is 14.3. The summed E-state index contributed by atoms with van der Waals surface area (Å²) in [6.07, 6.45) is -5.57. The normalized spacial score (nSPS) is 16.5. The molecule has 1 aromatic rings. The van der Waals surface area contributed by atoms with E-state index in [2.05, 4.69) is 0 Å². The first-order valence-corrected chi connectivity index (χ1v) is 7.92. The molecule has 5 nitrogen and oxygen atoms in total. The fourth-order valence-electron chi connectivity index (χ4n) is 2.98. The zero-order valence-corrected chi connectivity index (χ0v) is 14.3. The highest BCUT2D eigenvalue weighted by atomic mass is 19.4. The lowest BCUT2D eigenvalue weighted by Gasteiger charge is -2.35. The summed E-state index contributed by atoms with van der Waals surface area (Å²) < 4.78 is 43.2. The number of methoxy groups -OCH3 is 1. The summed E-state index contributed by atoms with van der Waals surface area (Å²) in [7, 11) is 1.13. The van der Waals surface area contributed by atoms with E-state index in [0.29, 0.717) is 5.56 Å². The Hall–Kier alpha value is -2.64. The van der Waals surface area contributed by atoms with Crippen molar-refractivity contribution >= 4 is 17.7 Å². The highest BCUT2D eigenvalue weighted by Gasteiger charge is 2.45. The van der Waals surface area contributed by atoms with Gasteiger partial charge in [-0.15, -0.1) is 0 Å². The second-order valence-corrected chi connectivity index (χ2v) is 5.88. The van der Waals surface area contributed by atoms with Crippen LogP contribution >= 0.6 is 0 Å². The van der Waals surface area contributed by atoms with E-state index in [1.807, 2.05) is 0 Å². The van der Waals surface area contributed by atoms with Crippen molar-refractivity contribution in [1.29, 1.82) is 0 Å². The first kappa shape index (κ1) is 19.7. The molecule has 0 aromatic heterocycles. The number of halogens is 3. The van der Waals surface area contributed by atoms with Gasteiger partial charge >= 0.3 is 12.1 Å². The Balaban J connectivity index is 2.45. The van der Waals surface area contributed by atoms with Crippen LogP contribution in [0.3, 0.4) is 0 Å². The summed E-state index contributed by atoms with van der Waals surface area (Å²) >= 11 is 0. The molecule has 26 heavy (non-hydrogen) atoms.